The fourth-order valence-corrected chi connectivity index (χ4v) is 21.9. The first-order valence-electron chi connectivity index (χ1n) is 42.4. The van der Waals surface area contributed by atoms with E-state index in [1.54, 1.807) is 0 Å². The average molecular weight is 1480 g/mol. The zero-order valence-electron chi connectivity index (χ0n) is 68.5. The summed E-state index contributed by atoms with van der Waals surface area (Å²) in [6, 6.07) is 116. The van der Waals surface area contributed by atoms with Crippen molar-refractivity contribution < 1.29 is 0 Å². The molecule has 17 aromatic carbocycles. The first-order chi connectivity index (χ1) is 55.5. The zero-order valence-corrected chi connectivity index (χ0v) is 68.5. The minimum atomic E-state index is -0.278. The van der Waals surface area contributed by atoms with Gasteiger partial charge in [0.05, 0.1) is 11.4 Å². The minimum Gasteiger partial charge on any atom is -0.365 e. The van der Waals surface area contributed by atoms with Gasteiger partial charge in [-0.25, -0.2) is 0 Å². The smallest absolute Gasteiger partial charge is 0.252 e. The maximum absolute atomic E-state index is 2.98. The highest BCUT2D eigenvalue weighted by Crippen LogP contribution is 2.58. The van der Waals surface area contributed by atoms with Crippen LogP contribution in [0.1, 0.15) is 137 Å². The third-order valence-corrected chi connectivity index (χ3v) is 27.5. The van der Waals surface area contributed by atoms with Gasteiger partial charge in [-0.05, 0) is 262 Å². The first kappa shape index (κ1) is 70.0. The van der Waals surface area contributed by atoms with Crippen LogP contribution in [0.15, 0.2) is 291 Å². The van der Waals surface area contributed by atoms with Crippen LogP contribution in [0.4, 0.5) is 39.8 Å². The van der Waals surface area contributed by atoms with Gasteiger partial charge >= 0.3 is 0 Å². The Hall–Kier alpha value is -11.7. The van der Waals surface area contributed by atoms with Gasteiger partial charge in [-0.15, -0.1) is 0 Å². The van der Waals surface area contributed by atoms with Gasteiger partial charge in [-0.3, -0.25) is 0 Å². The lowest BCUT2D eigenvalue weighted by molar-refractivity contribution is 0.0900. The molecule has 23 rings (SSSR count). The molecule has 560 valence electrons. The van der Waals surface area contributed by atoms with Crippen LogP contribution in [0.5, 0.6) is 0 Å². The largest absolute Gasteiger partial charge is 0.365 e. The maximum Gasteiger partial charge on any atom is 0.252 e. The van der Waals surface area contributed by atoms with Gasteiger partial charge in [0.15, 0.2) is 0 Å². The van der Waals surface area contributed by atoms with E-state index in [2.05, 4.69) is 389 Å². The van der Waals surface area contributed by atoms with E-state index in [4.69, 9.17) is 0 Å². The van der Waals surface area contributed by atoms with Crippen LogP contribution >= 0.6 is 0 Å². The fourth-order valence-electron chi connectivity index (χ4n) is 21.9. The number of piperidine rings is 2. The number of rotatable bonds is 9. The standard InChI is InChI=1S/C111H98BN3/c1-108(2,3)80-52-74-39-41-76-54-82(110(7,8)9)62-93-91(58-78(56-80)101(74)103(76)93)72-43-45-97-95(60-72)112-96-61-73(92-59-79-57-81(109(4,5)6)53-75-40-42-77-55-83(111(10,11)12)63-94(92)104(77)102(75)79)44-46-98(96)115(107-89(70-31-21-15-22-32-70)37-26-38-90(107)71-33-23-16-24-34-71)100-65-86(113-84-48-66-47-67(50-84)51-85(113)49-66)64-99(105(100)112)114(97)106-87(68-27-17-13-18-28-68)35-25-36-88(106)69-29-19-14-20-30-69/h13-46,52-67,84-85H,47-51H2,1-12H3. The molecule has 17 aromatic rings. The molecule has 6 aliphatic rings. The number of hydrogen-bond donors (Lipinski definition) is 0. The molecule has 0 aromatic heterocycles. The van der Waals surface area contributed by atoms with Crippen LogP contribution in [0.2, 0.25) is 0 Å². The van der Waals surface area contributed by atoms with E-state index in [1.165, 1.54) is 242 Å². The van der Waals surface area contributed by atoms with Gasteiger partial charge in [0, 0.05) is 62.8 Å². The molecule has 0 spiro atoms. The van der Waals surface area contributed by atoms with E-state index >= 15 is 0 Å². The molecule has 4 heterocycles. The van der Waals surface area contributed by atoms with Crippen molar-refractivity contribution in [3.63, 3.8) is 0 Å². The third-order valence-electron chi connectivity index (χ3n) is 27.5. The Labute approximate surface area is 678 Å². The van der Waals surface area contributed by atoms with Gasteiger partial charge in [0.2, 0.25) is 0 Å². The molecule has 0 atom stereocenters. The molecule has 0 unspecified atom stereocenters. The number of para-hydroxylation sites is 2. The Bertz CT molecular complexity index is 6290. The summed E-state index contributed by atoms with van der Waals surface area (Å²) in [5, 5.41) is 15.7. The SMILES string of the molecule is CC(C)(C)c1cc2ccc3cc(C(C)(C)C)cc4c(-c5ccc6c(c5)B5c7cc(-c8cc9cc(C(C)(C)C)cc%10ccc%11cc(C(C)(C)C)cc8c%11c%109)ccc7N(c7c(-c8ccccc8)cccc7-c7ccccc7)c7cc(N8C9CC%10CC(C9)CC8C%10)cc(c75)N6c5c(-c6ccccc6)cccc5-c5ccccc5)cc(c1)c2c34. The van der Waals surface area contributed by atoms with Crippen molar-refractivity contribution in [2.45, 2.75) is 149 Å². The second-order valence-electron chi connectivity index (χ2n) is 38.9. The number of nitrogens with zero attached hydrogens (tertiary/aromatic N) is 3. The van der Waals surface area contributed by atoms with Crippen molar-refractivity contribution in [3.05, 3.63) is 313 Å². The summed E-state index contributed by atoms with van der Waals surface area (Å²) in [6.07, 6.45) is 6.34. The summed E-state index contributed by atoms with van der Waals surface area (Å²) < 4.78 is 0. The Morgan fingerprint density at radius 2 is 0.583 bits per heavy atom. The lowest BCUT2D eigenvalue weighted by atomic mass is 9.33. The molecule has 4 aliphatic heterocycles. The lowest BCUT2D eigenvalue weighted by Crippen LogP contribution is -2.62. The van der Waals surface area contributed by atoms with Gasteiger partial charge in [-0.2, -0.15) is 0 Å². The van der Waals surface area contributed by atoms with Crippen molar-refractivity contribution in [2.75, 3.05) is 14.7 Å². The van der Waals surface area contributed by atoms with Crippen molar-refractivity contribution in [3.8, 4) is 66.8 Å². The normalized spacial score (nSPS) is 17.3. The van der Waals surface area contributed by atoms with Gasteiger partial charge < -0.3 is 14.7 Å². The molecule has 3 nitrogen and oxygen atoms in total. The van der Waals surface area contributed by atoms with E-state index < -0.39 is 0 Å². The summed E-state index contributed by atoms with van der Waals surface area (Å²) in [6.45, 7) is 28.2. The highest BCUT2D eigenvalue weighted by Gasteiger charge is 2.50. The predicted molar refractivity (Wildman–Crippen MR) is 495 cm³/mol. The van der Waals surface area contributed by atoms with Crippen molar-refractivity contribution in [1.29, 1.82) is 0 Å². The third kappa shape index (κ3) is 11.1. The van der Waals surface area contributed by atoms with E-state index in [0.29, 0.717) is 12.1 Å². The van der Waals surface area contributed by atoms with E-state index in [1.807, 2.05) is 0 Å². The molecule has 4 heteroatoms. The Morgan fingerprint density at radius 1 is 0.261 bits per heavy atom. The molecule has 2 saturated heterocycles. The summed E-state index contributed by atoms with van der Waals surface area (Å²) >= 11 is 0. The number of benzene rings is 17. The number of hydrogen-bond acceptors (Lipinski definition) is 3. The summed E-state index contributed by atoms with van der Waals surface area (Å²) in [5.74, 6) is 1.54. The summed E-state index contributed by atoms with van der Waals surface area (Å²) in [4.78, 5) is 8.58. The zero-order chi connectivity index (χ0) is 78.0. The molecule has 0 amide bonds. The van der Waals surface area contributed by atoms with Crippen molar-refractivity contribution in [1.82, 2.24) is 0 Å². The van der Waals surface area contributed by atoms with Gasteiger partial charge in [0.1, 0.15) is 0 Å². The second-order valence-corrected chi connectivity index (χ2v) is 38.9. The highest BCUT2D eigenvalue weighted by atomic mass is 15.2. The van der Waals surface area contributed by atoms with E-state index in [-0.39, 0.29) is 28.4 Å². The summed E-state index contributed by atoms with van der Waals surface area (Å²) in [7, 11) is 0. The molecule has 2 saturated carbocycles. The predicted octanol–water partition coefficient (Wildman–Crippen LogP) is 28.5. The molecule has 0 radical (unpaired) electrons. The van der Waals surface area contributed by atoms with Crippen molar-refractivity contribution in [2.24, 2.45) is 11.8 Å². The summed E-state index contributed by atoms with van der Waals surface area (Å²) in [5.41, 5.74) is 31.8. The topological polar surface area (TPSA) is 9.72 Å². The molecule has 115 heavy (non-hydrogen) atoms. The Kier molecular flexibility index (Phi) is 15.4. The minimum absolute atomic E-state index is 0.0717. The molecular weight excluding hydrogens is 1390 g/mol. The monoisotopic (exact) mass is 1480 g/mol. The lowest BCUT2D eigenvalue weighted by Gasteiger charge is -2.58. The van der Waals surface area contributed by atoms with E-state index in [0.717, 1.165) is 11.8 Å². The van der Waals surface area contributed by atoms with Gasteiger partial charge in [-0.1, -0.05) is 326 Å². The molecule has 4 fully saturated rings. The van der Waals surface area contributed by atoms with Crippen LogP contribution in [-0.4, -0.2) is 18.8 Å². The maximum atomic E-state index is 2.98. The van der Waals surface area contributed by atoms with Crippen LogP contribution < -0.4 is 31.1 Å². The van der Waals surface area contributed by atoms with Crippen LogP contribution in [0, 0.1) is 11.8 Å². The number of anilines is 7. The molecular formula is C111H98BN3. The van der Waals surface area contributed by atoms with Crippen LogP contribution in [-0.2, 0) is 21.7 Å². The number of fused-ring (bicyclic) bond motifs is 4. The first-order valence-corrected chi connectivity index (χ1v) is 42.4. The Balaban J connectivity index is 0.921. The highest BCUT2D eigenvalue weighted by molar-refractivity contribution is 7.00. The fraction of sp³-hybridized carbons (Fsp3) is 0.225. The Morgan fingerprint density at radius 3 is 0.922 bits per heavy atom. The van der Waals surface area contributed by atoms with E-state index in [9.17, 15) is 0 Å². The van der Waals surface area contributed by atoms with Crippen molar-refractivity contribution >= 4 is 128 Å². The van der Waals surface area contributed by atoms with Crippen LogP contribution in [0.25, 0.3) is 131 Å². The quantitative estimate of drug-likeness (QED) is 0.105. The molecule has 4 bridgehead atoms. The molecule has 2 aliphatic carbocycles. The average Bonchev–Trinajstić information content (AvgIpc) is 0.690. The van der Waals surface area contributed by atoms with Gasteiger partial charge in [0.25, 0.3) is 6.71 Å². The molecule has 0 N–H and O–H groups in total. The van der Waals surface area contributed by atoms with Crippen LogP contribution in [0.3, 0.4) is 0 Å². The second kappa shape index (κ2) is 25.4.